The number of amides is 2. The molecule has 0 aromatic heterocycles. The fraction of sp³-hybridized carbons (Fsp3) is 0.263. The zero-order valence-electron chi connectivity index (χ0n) is 14.2. The highest BCUT2D eigenvalue weighted by Crippen LogP contribution is 2.33. The summed E-state index contributed by atoms with van der Waals surface area (Å²) >= 11 is 0. The minimum Gasteiger partial charge on any atom is -0.495 e. The fourth-order valence-electron chi connectivity index (χ4n) is 2.73. The van der Waals surface area contributed by atoms with Gasteiger partial charge in [-0.1, -0.05) is 18.2 Å². The van der Waals surface area contributed by atoms with Gasteiger partial charge in [-0.25, -0.2) is 0 Å². The molecule has 25 heavy (non-hydrogen) atoms. The minimum atomic E-state index is -0.182. The lowest BCUT2D eigenvalue weighted by molar-refractivity contribution is -0.121. The second-order valence-corrected chi connectivity index (χ2v) is 5.80. The molecule has 1 aliphatic heterocycles. The first-order chi connectivity index (χ1) is 12.1. The highest BCUT2D eigenvalue weighted by molar-refractivity contribution is 5.99. The number of benzene rings is 2. The van der Waals surface area contributed by atoms with Crippen molar-refractivity contribution in [3.63, 3.8) is 0 Å². The van der Waals surface area contributed by atoms with Crippen LogP contribution >= 0.6 is 0 Å². The van der Waals surface area contributed by atoms with Crippen molar-refractivity contribution >= 4 is 23.2 Å². The Morgan fingerprint density at radius 3 is 2.88 bits per heavy atom. The molecule has 6 heteroatoms. The van der Waals surface area contributed by atoms with Gasteiger partial charge in [0.2, 0.25) is 5.91 Å². The maximum absolute atomic E-state index is 12.3. The van der Waals surface area contributed by atoms with E-state index in [0.717, 1.165) is 5.56 Å². The standard InChI is InChI=1S/C19H20N2O4/c1-13-7-8-17-15(11-13)21(19(23)12-25-17)10-9-18(22)20-14-5-3-4-6-16(14)24-2/h3-8,11H,9-10,12H2,1-2H3,(H,20,22). The average molecular weight is 340 g/mol. The molecule has 0 aliphatic carbocycles. The molecule has 0 atom stereocenters. The van der Waals surface area contributed by atoms with Crippen LogP contribution in [-0.4, -0.2) is 32.1 Å². The van der Waals surface area contributed by atoms with Gasteiger partial charge in [0.05, 0.1) is 18.5 Å². The minimum absolute atomic E-state index is 0.00973. The van der Waals surface area contributed by atoms with Crippen molar-refractivity contribution in [3.05, 3.63) is 48.0 Å². The highest BCUT2D eigenvalue weighted by atomic mass is 16.5. The third-order valence-corrected chi connectivity index (χ3v) is 4.00. The Morgan fingerprint density at radius 1 is 1.28 bits per heavy atom. The van der Waals surface area contributed by atoms with Crippen LogP contribution in [0.4, 0.5) is 11.4 Å². The molecule has 1 heterocycles. The second-order valence-electron chi connectivity index (χ2n) is 5.80. The quantitative estimate of drug-likeness (QED) is 0.909. The van der Waals surface area contributed by atoms with Crippen molar-refractivity contribution < 1.29 is 19.1 Å². The molecular formula is C19H20N2O4. The molecule has 2 aromatic carbocycles. The lowest BCUT2D eigenvalue weighted by Crippen LogP contribution is -2.40. The Hall–Kier alpha value is -3.02. The second kappa shape index (κ2) is 7.25. The van der Waals surface area contributed by atoms with Gasteiger partial charge < -0.3 is 19.7 Å². The Labute approximate surface area is 146 Å². The molecule has 3 rings (SSSR count). The number of methoxy groups -OCH3 is 1. The van der Waals surface area contributed by atoms with Crippen LogP contribution in [0.3, 0.4) is 0 Å². The van der Waals surface area contributed by atoms with Crippen LogP contribution < -0.4 is 19.7 Å². The highest BCUT2D eigenvalue weighted by Gasteiger charge is 2.26. The summed E-state index contributed by atoms with van der Waals surface area (Å²) in [7, 11) is 1.55. The van der Waals surface area contributed by atoms with E-state index in [-0.39, 0.29) is 24.8 Å². The third-order valence-electron chi connectivity index (χ3n) is 4.00. The summed E-state index contributed by atoms with van der Waals surface area (Å²) in [5.41, 5.74) is 2.35. The van der Waals surface area contributed by atoms with Gasteiger partial charge in [-0.3, -0.25) is 9.59 Å². The normalized spacial score (nSPS) is 13.0. The number of carbonyl (C=O) groups is 2. The summed E-state index contributed by atoms with van der Waals surface area (Å²) in [6.07, 6.45) is 0.178. The third kappa shape index (κ3) is 3.74. The van der Waals surface area contributed by atoms with Crippen molar-refractivity contribution in [1.82, 2.24) is 0 Å². The topological polar surface area (TPSA) is 67.9 Å². The molecule has 6 nitrogen and oxygen atoms in total. The van der Waals surface area contributed by atoms with Crippen molar-refractivity contribution in [1.29, 1.82) is 0 Å². The zero-order valence-corrected chi connectivity index (χ0v) is 14.2. The first-order valence-electron chi connectivity index (χ1n) is 8.05. The van der Waals surface area contributed by atoms with Crippen molar-refractivity contribution in [2.75, 3.05) is 30.5 Å². The van der Waals surface area contributed by atoms with E-state index < -0.39 is 0 Å². The van der Waals surface area contributed by atoms with E-state index in [9.17, 15) is 9.59 Å². The molecule has 0 radical (unpaired) electrons. The summed E-state index contributed by atoms with van der Waals surface area (Å²) in [6.45, 7) is 2.23. The van der Waals surface area contributed by atoms with Crippen LogP contribution in [0.15, 0.2) is 42.5 Å². The lowest BCUT2D eigenvalue weighted by Gasteiger charge is -2.29. The van der Waals surface area contributed by atoms with Crippen LogP contribution in [0.1, 0.15) is 12.0 Å². The number of hydrogen-bond acceptors (Lipinski definition) is 4. The van der Waals surface area contributed by atoms with Crippen molar-refractivity contribution in [3.8, 4) is 11.5 Å². The molecule has 1 N–H and O–H groups in total. The summed E-state index contributed by atoms with van der Waals surface area (Å²) in [5.74, 6) is 0.927. The molecule has 0 bridgehead atoms. The molecular weight excluding hydrogens is 320 g/mol. The molecule has 0 saturated carbocycles. The van der Waals surface area contributed by atoms with Crippen LogP contribution in [0, 0.1) is 6.92 Å². The fourth-order valence-corrected chi connectivity index (χ4v) is 2.73. The number of para-hydroxylation sites is 2. The van der Waals surface area contributed by atoms with E-state index in [2.05, 4.69) is 5.32 Å². The molecule has 2 amide bonds. The van der Waals surface area contributed by atoms with Crippen molar-refractivity contribution in [2.24, 2.45) is 0 Å². The number of anilines is 2. The van der Waals surface area contributed by atoms with Gasteiger partial charge in [0.25, 0.3) is 5.91 Å². The zero-order chi connectivity index (χ0) is 17.8. The SMILES string of the molecule is COc1ccccc1NC(=O)CCN1C(=O)COc2ccc(C)cc21. The van der Waals surface area contributed by atoms with E-state index in [4.69, 9.17) is 9.47 Å². The Balaban J connectivity index is 1.68. The van der Waals surface area contributed by atoms with E-state index in [0.29, 0.717) is 29.4 Å². The summed E-state index contributed by atoms with van der Waals surface area (Å²) in [5, 5.41) is 2.82. The van der Waals surface area contributed by atoms with Gasteiger partial charge >= 0.3 is 0 Å². The number of fused-ring (bicyclic) bond motifs is 1. The van der Waals surface area contributed by atoms with Crippen molar-refractivity contribution in [2.45, 2.75) is 13.3 Å². The number of hydrogen-bond donors (Lipinski definition) is 1. The first kappa shape index (κ1) is 16.8. The number of nitrogens with one attached hydrogen (secondary N) is 1. The van der Waals surface area contributed by atoms with Crippen LogP contribution in [0.5, 0.6) is 11.5 Å². The largest absolute Gasteiger partial charge is 0.495 e. The Bertz CT molecular complexity index is 804. The molecule has 0 spiro atoms. The van der Waals surface area contributed by atoms with E-state index in [1.54, 1.807) is 24.1 Å². The summed E-state index contributed by atoms with van der Waals surface area (Å²) in [6, 6.07) is 12.9. The van der Waals surface area contributed by atoms with Gasteiger partial charge in [0.1, 0.15) is 11.5 Å². The van der Waals surface area contributed by atoms with Gasteiger partial charge in [-0.2, -0.15) is 0 Å². The summed E-state index contributed by atoms with van der Waals surface area (Å²) < 4.78 is 10.7. The predicted octanol–water partition coefficient (Wildman–Crippen LogP) is 2.76. The van der Waals surface area contributed by atoms with Gasteiger partial charge in [0.15, 0.2) is 6.61 Å². The molecule has 0 fully saturated rings. The molecule has 0 unspecified atom stereocenters. The predicted molar refractivity (Wildman–Crippen MR) is 95.3 cm³/mol. The van der Waals surface area contributed by atoms with Crippen LogP contribution in [0.2, 0.25) is 0 Å². The maximum atomic E-state index is 12.3. The van der Waals surface area contributed by atoms with Gasteiger partial charge in [-0.15, -0.1) is 0 Å². The smallest absolute Gasteiger partial charge is 0.265 e. The van der Waals surface area contributed by atoms with Crippen LogP contribution in [-0.2, 0) is 9.59 Å². The Morgan fingerprint density at radius 2 is 2.08 bits per heavy atom. The molecule has 2 aromatic rings. The maximum Gasteiger partial charge on any atom is 0.265 e. The first-order valence-corrected chi connectivity index (χ1v) is 8.05. The monoisotopic (exact) mass is 340 g/mol. The van der Waals surface area contributed by atoms with E-state index >= 15 is 0 Å². The number of nitrogens with zero attached hydrogens (tertiary/aromatic N) is 1. The van der Waals surface area contributed by atoms with E-state index in [1.807, 2.05) is 37.3 Å². The molecule has 0 saturated heterocycles. The van der Waals surface area contributed by atoms with E-state index in [1.165, 1.54) is 0 Å². The number of ether oxygens (including phenoxy) is 2. The number of aryl methyl sites for hydroxylation is 1. The number of carbonyl (C=O) groups excluding carboxylic acids is 2. The van der Waals surface area contributed by atoms with Gasteiger partial charge in [-0.05, 0) is 36.8 Å². The lowest BCUT2D eigenvalue weighted by atomic mass is 10.1. The molecule has 130 valence electrons. The van der Waals surface area contributed by atoms with Gasteiger partial charge in [0, 0.05) is 13.0 Å². The van der Waals surface area contributed by atoms with Crippen LogP contribution in [0.25, 0.3) is 0 Å². The number of rotatable bonds is 5. The summed E-state index contributed by atoms with van der Waals surface area (Å²) in [4.78, 5) is 26.1. The molecule has 1 aliphatic rings. The average Bonchev–Trinajstić information content (AvgIpc) is 2.61. The Kier molecular flexibility index (Phi) is 4.88.